The number of carbonyl (C=O) groups is 1. The lowest BCUT2D eigenvalue weighted by Crippen LogP contribution is -2.51. The topological polar surface area (TPSA) is 43.8 Å². The number of benzene rings is 1. The first-order valence-corrected chi connectivity index (χ1v) is 8.89. The van der Waals surface area contributed by atoms with E-state index in [0.717, 1.165) is 51.0 Å². The van der Waals surface area contributed by atoms with E-state index in [4.69, 9.17) is 0 Å². The van der Waals surface area contributed by atoms with Gasteiger partial charge in [-0.25, -0.2) is 0 Å². The standard InChI is InChI=1S/C19H28N2O2/c1-14(20-12-9-16(10-13-20)15(2)22)19(23)21-11-5-7-17-6-3-4-8-18(17)21/h3-4,6,8,14-16,22H,5,7,9-13H2,1-2H3. The lowest BCUT2D eigenvalue weighted by atomic mass is 9.91. The highest BCUT2D eigenvalue weighted by molar-refractivity contribution is 5.98. The van der Waals surface area contributed by atoms with Gasteiger partial charge in [-0.05, 0) is 70.2 Å². The van der Waals surface area contributed by atoms with Crippen molar-refractivity contribution in [3.63, 3.8) is 0 Å². The molecule has 2 atom stereocenters. The Morgan fingerprint density at radius 2 is 1.87 bits per heavy atom. The Kier molecular flexibility index (Phi) is 5.02. The molecule has 0 bridgehead atoms. The van der Waals surface area contributed by atoms with Crippen LogP contribution in [0, 0.1) is 5.92 Å². The number of aryl methyl sites for hydroxylation is 1. The zero-order valence-electron chi connectivity index (χ0n) is 14.2. The fourth-order valence-electron chi connectivity index (χ4n) is 3.93. The molecule has 4 heteroatoms. The van der Waals surface area contributed by atoms with Gasteiger partial charge < -0.3 is 10.0 Å². The summed E-state index contributed by atoms with van der Waals surface area (Å²) in [6.07, 6.45) is 3.82. The SMILES string of the molecule is CC(O)C1CCN(C(C)C(=O)N2CCCc3ccccc32)CC1. The van der Waals surface area contributed by atoms with Gasteiger partial charge in [0.05, 0.1) is 12.1 Å². The van der Waals surface area contributed by atoms with Crippen LogP contribution in [0.1, 0.15) is 38.7 Å². The minimum absolute atomic E-state index is 0.0869. The lowest BCUT2D eigenvalue weighted by Gasteiger charge is -2.39. The number of piperidine rings is 1. The van der Waals surface area contributed by atoms with E-state index in [2.05, 4.69) is 23.1 Å². The highest BCUT2D eigenvalue weighted by Crippen LogP contribution is 2.29. The molecule has 2 aliphatic heterocycles. The molecule has 126 valence electrons. The molecule has 1 aromatic rings. The van der Waals surface area contributed by atoms with E-state index >= 15 is 0 Å². The van der Waals surface area contributed by atoms with Crippen LogP contribution in [0.5, 0.6) is 0 Å². The Morgan fingerprint density at radius 1 is 1.17 bits per heavy atom. The van der Waals surface area contributed by atoms with Crippen LogP contribution in [0.25, 0.3) is 0 Å². The van der Waals surface area contributed by atoms with Crippen LogP contribution in [-0.2, 0) is 11.2 Å². The molecule has 2 heterocycles. The van der Waals surface area contributed by atoms with Crippen LogP contribution in [0.3, 0.4) is 0 Å². The average molecular weight is 316 g/mol. The number of likely N-dealkylation sites (tertiary alicyclic amines) is 1. The van der Waals surface area contributed by atoms with Crippen LogP contribution in [0.2, 0.25) is 0 Å². The monoisotopic (exact) mass is 316 g/mol. The second kappa shape index (κ2) is 7.02. The van der Waals surface area contributed by atoms with E-state index in [1.54, 1.807) is 0 Å². The summed E-state index contributed by atoms with van der Waals surface area (Å²) in [4.78, 5) is 17.3. The molecule has 1 fully saturated rings. The van der Waals surface area contributed by atoms with Crippen LogP contribution in [-0.4, -0.2) is 47.7 Å². The van der Waals surface area contributed by atoms with Gasteiger partial charge in [0.25, 0.3) is 0 Å². The zero-order valence-corrected chi connectivity index (χ0v) is 14.2. The van der Waals surface area contributed by atoms with Gasteiger partial charge in [-0.2, -0.15) is 0 Å². The maximum Gasteiger partial charge on any atom is 0.244 e. The smallest absolute Gasteiger partial charge is 0.244 e. The van der Waals surface area contributed by atoms with Crippen molar-refractivity contribution in [1.29, 1.82) is 0 Å². The number of hydrogen-bond acceptors (Lipinski definition) is 3. The number of amides is 1. The van der Waals surface area contributed by atoms with Gasteiger partial charge in [-0.15, -0.1) is 0 Å². The van der Waals surface area contributed by atoms with E-state index in [-0.39, 0.29) is 18.1 Å². The molecule has 0 radical (unpaired) electrons. The third kappa shape index (κ3) is 3.43. The summed E-state index contributed by atoms with van der Waals surface area (Å²) < 4.78 is 0. The summed E-state index contributed by atoms with van der Waals surface area (Å²) in [5, 5.41) is 9.73. The summed E-state index contributed by atoms with van der Waals surface area (Å²) >= 11 is 0. The number of carbonyl (C=O) groups excluding carboxylic acids is 1. The molecule has 1 saturated heterocycles. The van der Waals surface area contributed by atoms with Gasteiger partial charge in [0, 0.05) is 12.2 Å². The van der Waals surface area contributed by atoms with Crippen molar-refractivity contribution in [3.05, 3.63) is 29.8 Å². The number of aliphatic hydroxyl groups excluding tert-OH is 1. The van der Waals surface area contributed by atoms with Crippen molar-refractivity contribution in [3.8, 4) is 0 Å². The molecule has 0 aromatic heterocycles. The summed E-state index contributed by atoms with van der Waals surface area (Å²) in [5.41, 5.74) is 2.38. The summed E-state index contributed by atoms with van der Waals surface area (Å²) in [7, 11) is 0. The van der Waals surface area contributed by atoms with E-state index < -0.39 is 0 Å². The molecular weight excluding hydrogens is 288 g/mol. The molecular formula is C19H28N2O2. The first-order valence-electron chi connectivity index (χ1n) is 8.89. The molecule has 1 N–H and O–H groups in total. The molecule has 1 aromatic carbocycles. The molecule has 0 spiro atoms. The third-order valence-electron chi connectivity index (χ3n) is 5.54. The Hall–Kier alpha value is -1.39. The first kappa shape index (κ1) is 16.5. The lowest BCUT2D eigenvalue weighted by molar-refractivity contribution is -0.124. The molecule has 1 amide bonds. The predicted octanol–water partition coefficient (Wildman–Crippen LogP) is 2.45. The minimum atomic E-state index is -0.239. The van der Waals surface area contributed by atoms with Gasteiger partial charge in [0.1, 0.15) is 0 Å². The second-order valence-corrected chi connectivity index (χ2v) is 7.01. The van der Waals surface area contributed by atoms with Crippen molar-refractivity contribution in [2.24, 2.45) is 5.92 Å². The maximum absolute atomic E-state index is 13.0. The number of hydrogen-bond donors (Lipinski definition) is 1. The molecule has 23 heavy (non-hydrogen) atoms. The van der Waals surface area contributed by atoms with E-state index in [9.17, 15) is 9.90 Å². The number of nitrogens with zero attached hydrogens (tertiary/aromatic N) is 2. The van der Waals surface area contributed by atoms with Crippen molar-refractivity contribution < 1.29 is 9.90 Å². The van der Waals surface area contributed by atoms with Gasteiger partial charge in [-0.3, -0.25) is 9.69 Å². The van der Waals surface area contributed by atoms with Crippen LogP contribution < -0.4 is 4.90 Å². The van der Waals surface area contributed by atoms with E-state index in [1.165, 1.54) is 5.56 Å². The molecule has 2 unspecified atom stereocenters. The Morgan fingerprint density at radius 3 is 2.57 bits per heavy atom. The van der Waals surface area contributed by atoms with E-state index in [1.807, 2.05) is 24.8 Å². The summed E-state index contributed by atoms with van der Waals surface area (Å²) in [6.45, 7) is 6.53. The molecule has 4 nitrogen and oxygen atoms in total. The second-order valence-electron chi connectivity index (χ2n) is 7.01. The number of anilines is 1. The Bertz CT molecular complexity index is 550. The number of fused-ring (bicyclic) bond motifs is 1. The Labute approximate surface area is 139 Å². The number of para-hydroxylation sites is 1. The largest absolute Gasteiger partial charge is 0.393 e. The summed E-state index contributed by atoms with van der Waals surface area (Å²) in [6, 6.07) is 8.18. The number of rotatable bonds is 3. The molecule has 3 rings (SSSR count). The van der Waals surface area contributed by atoms with Crippen molar-refractivity contribution in [1.82, 2.24) is 4.90 Å². The van der Waals surface area contributed by atoms with Gasteiger partial charge in [0.2, 0.25) is 5.91 Å². The Balaban J connectivity index is 1.67. The number of aliphatic hydroxyl groups is 1. The quantitative estimate of drug-likeness (QED) is 0.931. The van der Waals surface area contributed by atoms with Crippen molar-refractivity contribution in [2.75, 3.05) is 24.5 Å². The van der Waals surface area contributed by atoms with E-state index in [0.29, 0.717) is 5.92 Å². The fourth-order valence-corrected chi connectivity index (χ4v) is 3.93. The molecule has 0 aliphatic carbocycles. The highest BCUT2D eigenvalue weighted by atomic mass is 16.3. The first-order chi connectivity index (χ1) is 11.1. The normalized spacial score (nSPS) is 22.5. The maximum atomic E-state index is 13.0. The predicted molar refractivity (Wildman–Crippen MR) is 92.6 cm³/mol. The summed E-state index contributed by atoms with van der Waals surface area (Å²) in [5.74, 6) is 0.594. The van der Waals surface area contributed by atoms with Crippen LogP contribution in [0.15, 0.2) is 24.3 Å². The van der Waals surface area contributed by atoms with Crippen molar-refractivity contribution in [2.45, 2.75) is 51.7 Å². The zero-order chi connectivity index (χ0) is 16.4. The van der Waals surface area contributed by atoms with Crippen LogP contribution >= 0.6 is 0 Å². The highest BCUT2D eigenvalue weighted by Gasteiger charge is 2.32. The molecule has 2 aliphatic rings. The van der Waals surface area contributed by atoms with Gasteiger partial charge in [-0.1, -0.05) is 18.2 Å². The molecule has 0 saturated carbocycles. The van der Waals surface area contributed by atoms with Crippen LogP contribution in [0.4, 0.5) is 5.69 Å². The average Bonchev–Trinajstić information content (AvgIpc) is 2.60. The van der Waals surface area contributed by atoms with Gasteiger partial charge >= 0.3 is 0 Å². The third-order valence-corrected chi connectivity index (χ3v) is 5.54. The fraction of sp³-hybridized carbons (Fsp3) is 0.632. The minimum Gasteiger partial charge on any atom is -0.393 e. The van der Waals surface area contributed by atoms with Gasteiger partial charge in [0.15, 0.2) is 0 Å². The van der Waals surface area contributed by atoms with Crippen molar-refractivity contribution >= 4 is 11.6 Å².